The van der Waals surface area contributed by atoms with Crippen LogP contribution in [0.1, 0.15) is 0 Å². The molecule has 0 unspecified atom stereocenters. The van der Waals surface area contributed by atoms with Gasteiger partial charge in [0.05, 0.1) is 0 Å². The van der Waals surface area contributed by atoms with E-state index in [4.69, 9.17) is 4.42 Å². The lowest BCUT2D eigenvalue weighted by molar-refractivity contribution is 0.670. The van der Waals surface area contributed by atoms with Gasteiger partial charge in [0, 0.05) is 27.7 Å². The van der Waals surface area contributed by atoms with Gasteiger partial charge in [0.25, 0.3) is 0 Å². The van der Waals surface area contributed by atoms with Crippen LogP contribution in [0, 0.1) is 0 Å². The van der Waals surface area contributed by atoms with Crippen molar-refractivity contribution in [3.8, 4) is 33.4 Å². The highest BCUT2D eigenvalue weighted by atomic mass is 16.3. The molecule has 6 aromatic carbocycles. The topological polar surface area (TPSA) is 25.2 Å². The Kier molecular flexibility index (Phi) is 5.49. The predicted molar refractivity (Wildman–Crippen MR) is 160 cm³/mol. The summed E-state index contributed by atoms with van der Waals surface area (Å²) in [5.41, 5.74) is 11.0. The van der Waals surface area contributed by atoms with E-state index in [2.05, 4.69) is 139 Å². The van der Waals surface area contributed by atoms with Gasteiger partial charge in [0.2, 0.25) is 0 Å². The van der Waals surface area contributed by atoms with Crippen LogP contribution in [0.15, 0.2) is 150 Å². The number of hydrogen-bond acceptors (Lipinski definition) is 2. The molecular formula is C36H25NO. The Bertz CT molecular complexity index is 1880. The van der Waals surface area contributed by atoms with E-state index in [0.717, 1.165) is 44.4 Å². The Hall–Kier alpha value is -5.08. The standard InChI is InChI=1S/C36H25NO/c1-3-10-25(11-4-1)27-14-7-15-28(22-27)29-16-8-17-30(23-29)37-31-20-21-35-34(24-31)33-19-9-18-32(36(33)38-35)26-12-5-2-6-13-26/h1-24,37H. The quantitative estimate of drug-likeness (QED) is 0.261. The molecule has 0 spiro atoms. The zero-order valence-electron chi connectivity index (χ0n) is 20.8. The summed E-state index contributed by atoms with van der Waals surface area (Å²) in [6, 6.07) is 50.9. The van der Waals surface area contributed by atoms with Crippen molar-refractivity contribution >= 4 is 33.3 Å². The largest absolute Gasteiger partial charge is 0.455 e. The zero-order valence-corrected chi connectivity index (χ0v) is 20.8. The molecule has 0 aliphatic rings. The summed E-state index contributed by atoms with van der Waals surface area (Å²) in [5, 5.41) is 5.84. The van der Waals surface area contributed by atoms with Gasteiger partial charge in [0.1, 0.15) is 11.2 Å². The molecule has 7 aromatic rings. The maximum absolute atomic E-state index is 6.34. The van der Waals surface area contributed by atoms with Crippen LogP contribution in [0.2, 0.25) is 0 Å². The van der Waals surface area contributed by atoms with Crippen molar-refractivity contribution in [1.29, 1.82) is 0 Å². The Balaban J connectivity index is 1.22. The van der Waals surface area contributed by atoms with E-state index in [1.54, 1.807) is 0 Å². The molecule has 180 valence electrons. The molecule has 2 heteroatoms. The summed E-state index contributed by atoms with van der Waals surface area (Å²) in [5.74, 6) is 0. The first kappa shape index (κ1) is 22.1. The second-order valence-corrected chi connectivity index (χ2v) is 9.51. The van der Waals surface area contributed by atoms with E-state index in [0.29, 0.717) is 0 Å². The summed E-state index contributed by atoms with van der Waals surface area (Å²) in [4.78, 5) is 0. The molecule has 0 bridgehead atoms. The predicted octanol–water partition coefficient (Wildman–Crippen LogP) is 10.3. The van der Waals surface area contributed by atoms with Gasteiger partial charge in [-0.25, -0.2) is 0 Å². The lowest BCUT2D eigenvalue weighted by Crippen LogP contribution is -1.90. The van der Waals surface area contributed by atoms with E-state index in [9.17, 15) is 0 Å². The fourth-order valence-corrected chi connectivity index (χ4v) is 5.17. The smallest absolute Gasteiger partial charge is 0.143 e. The lowest BCUT2D eigenvalue weighted by atomic mass is 9.99. The molecule has 0 aliphatic heterocycles. The second-order valence-electron chi connectivity index (χ2n) is 9.51. The number of furan rings is 1. The van der Waals surface area contributed by atoms with Gasteiger partial charge in [-0.05, 0) is 64.2 Å². The molecule has 1 N–H and O–H groups in total. The molecule has 0 fully saturated rings. The van der Waals surface area contributed by atoms with Crippen LogP contribution in [0.5, 0.6) is 0 Å². The van der Waals surface area contributed by atoms with E-state index in [1.165, 1.54) is 22.3 Å². The summed E-state index contributed by atoms with van der Waals surface area (Å²) in [6.45, 7) is 0. The van der Waals surface area contributed by atoms with Crippen molar-refractivity contribution in [1.82, 2.24) is 0 Å². The van der Waals surface area contributed by atoms with Crippen molar-refractivity contribution in [3.63, 3.8) is 0 Å². The molecular weight excluding hydrogens is 462 g/mol. The molecule has 0 radical (unpaired) electrons. The molecule has 0 aliphatic carbocycles. The minimum Gasteiger partial charge on any atom is -0.455 e. The number of rotatable bonds is 5. The van der Waals surface area contributed by atoms with Gasteiger partial charge < -0.3 is 9.73 Å². The minimum absolute atomic E-state index is 0.889. The molecule has 1 heterocycles. The average molecular weight is 488 g/mol. The highest BCUT2D eigenvalue weighted by Gasteiger charge is 2.13. The number of nitrogens with one attached hydrogen (secondary N) is 1. The maximum Gasteiger partial charge on any atom is 0.143 e. The SMILES string of the molecule is c1ccc(-c2cccc(-c3cccc(Nc4ccc5oc6c(-c7ccccc7)cccc6c5c4)c3)c2)cc1. The molecule has 0 atom stereocenters. The normalized spacial score (nSPS) is 11.2. The van der Waals surface area contributed by atoms with Crippen LogP contribution >= 0.6 is 0 Å². The fourth-order valence-electron chi connectivity index (χ4n) is 5.17. The zero-order chi connectivity index (χ0) is 25.3. The van der Waals surface area contributed by atoms with Crippen LogP contribution in [0.3, 0.4) is 0 Å². The van der Waals surface area contributed by atoms with Crippen molar-refractivity contribution < 1.29 is 4.42 Å². The van der Waals surface area contributed by atoms with Gasteiger partial charge in [-0.15, -0.1) is 0 Å². The maximum atomic E-state index is 6.34. The first-order chi connectivity index (χ1) is 18.8. The number of fused-ring (bicyclic) bond motifs is 3. The summed E-state index contributed by atoms with van der Waals surface area (Å²) >= 11 is 0. The van der Waals surface area contributed by atoms with Crippen LogP contribution in [0.4, 0.5) is 11.4 Å². The molecule has 2 nitrogen and oxygen atoms in total. The fraction of sp³-hybridized carbons (Fsp3) is 0. The average Bonchev–Trinajstić information content (AvgIpc) is 3.36. The van der Waals surface area contributed by atoms with Crippen LogP contribution in [-0.4, -0.2) is 0 Å². The lowest BCUT2D eigenvalue weighted by Gasteiger charge is -2.10. The number of benzene rings is 6. The number of hydrogen-bond donors (Lipinski definition) is 1. The van der Waals surface area contributed by atoms with Gasteiger partial charge in [0.15, 0.2) is 0 Å². The van der Waals surface area contributed by atoms with E-state index in [1.807, 2.05) is 12.1 Å². The molecule has 0 amide bonds. The van der Waals surface area contributed by atoms with Crippen molar-refractivity contribution in [2.45, 2.75) is 0 Å². The number of para-hydroxylation sites is 1. The molecule has 0 saturated carbocycles. The first-order valence-electron chi connectivity index (χ1n) is 12.9. The van der Waals surface area contributed by atoms with Crippen molar-refractivity contribution in [2.75, 3.05) is 5.32 Å². The minimum atomic E-state index is 0.889. The number of anilines is 2. The highest BCUT2D eigenvalue weighted by molar-refractivity contribution is 6.10. The van der Waals surface area contributed by atoms with Gasteiger partial charge in [-0.2, -0.15) is 0 Å². The molecule has 7 rings (SSSR count). The third-order valence-electron chi connectivity index (χ3n) is 7.04. The van der Waals surface area contributed by atoms with Crippen LogP contribution in [-0.2, 0) is 0 Å². The summed E-state index contributed by atoms with van der Waals surface area (Å²) in [6.07, 6.45) is 0. The summed E-state index contributed by atoms with van der Waals surface area (Å²) in [7, 11) is 0. The third-order valence-corrected chi connectivity index (χ3v) is 7.04. The van der Waals surface area contributed by atoms with E-state index >= 15 is 0 Å². The Morgan fingerprint density at radius 3 is 1.79 bits per heavy atom. The third kappa shape index (κ3) is 4.12. The Morgan fingerprint density at radius 2 is 1.00 bits per heavy atom. The molecule has 0 saturated heterocycles. The van der Waals surface area contributed by atoms with Gasteiger partial charge in [-0.1, -0.05) is 109 Å². The van der Waals surface area contributed by atoms with E-state index < -0.39 is 0 Å². The molecule has 1 aromatic heterocycles. The first-order valence-corrected chi connectivity index (χ1v) is 12.9. The Morgan fingerprint density at radius 1 is 0.395 bits per heavy atom. The Labute approximate surface area is 221 Å². The van der Waals surface area contributed by atoms with Crippen LogP contribution in [0.25, 0.3) is 55.3 Å². The molecule has 38 heavy (non-hydrogen) atoms. The highest BCUT2D eigenvalue weighted by Crippen LogP contribution is 2.37. The van der Waals surface area contributed by atoms with Crippen molar-refractivity contribution in [3.05, 3.63) is 146 Å². The van der Waals surface area contributed by atoms with Gasteiger partial charge >= 0.3 is 0 Å². The van der Waals surface area contributed by atoms with E-state index in [-0.39, 0.29) is 0 Å². The van der Waals surface area contributed by atoms with Crippen LogP contribution < -0.4 is 5.32 Å². The van der Waals surface area contributed by atoms with Crippen molar-refractivity contribution in [2.24, 2.45) is 0 Å². The summed E-state index contributed by atoms with van der Waals surface area (Å²) < 4.78 is 6.34. The monoisotopic (exact) mass is 487 g/mol. The second kappa shape index (κ2) is 9.42. The van der Waals surface area contributed by atoms with Gasteiger partial charge in [-0.3, -0.25) is 0 Å².